The van der Waals surface area contributed by atoms with E-state index in [0.717, 1.165) is 25.7 Å². The number of ether oxygens (including phenoxy) is 1. The van der Waals surface area contributed by atoms with Crippen LogP contribution in [0.1, 0.15) is 39.0 Å². The second-order valence-electron chi connectivity index (χ2n) is 3.39. The molecule has 13 heavy (non-hydrogen) atoms. The molecule has 1 saturated carbocycles. The Balaban J connectivity index is 2.44. The van der Waals surface area contributed by atoms with Gasteiger partial charge in [-0.3, -0.25) is 9.59 Å². The third-order valence-corrected chi connectivity index (χ3v) is 2.43. The molecule has 0 aromatic carbocycles. The first-order valence-corrected chi connectivity index (χ1v) is 4.85. The lowest BCUT2D eigenvalue weighted by Crippen LogP contribution is -2.30. The first-order valence-electron chi connectivity index (χ1n) is 4.85. The predicted octanol–water partition coefficient (Wildman–Crippen LogP) is 1.61. The molecule has 2 unspecified atom stereocenters. The van der Waals surface area contributed by atoms with Crippen molar-refractivity contribution in [1.29, 1.82) is 0 Å². The van der Waals surface area contributed by atoms with Gasteiger partial charge < -0.3 is 4.74 Å². The van der Waals surface area contributed by atoms with Crippen LogP contribution in [-0.4, -0.2) is 18.4 Å². The van der Waals surface area contributed by atoms with Crippen molar-refractivity contribution in [3.8, 4) is 0 Å². The van der Waals surface area contributed by atoms with Gasteiger partial charge in [-0.2, -0.15) is 0 Å². The van der Waals surface area contributed by atoms with Gasteiger partial charge in [0.15, 0.2) is 0 Å². The summed E-state index contributed by atoms with van der Waals surface area (Å²) in [4.78, 5) is 21.5. The van der Waals surface area contributed by atoms with Crippen LogP contribution in [0.5, 0.6) is 0 Å². The van der Waals surface area contributed by atoms with Gasteiger partial charge in [0, 0.05) is 6.42 Å². The maximum atomic E-state index is 11.0. The van der Waals surface area contributed by atoms with Crippen LogP contribution >= 0.6 is 0 Å². The van der Waals surface area contributed by atoms with Gasteiger partial charge in [-0.25, -0.2) is 0 Å². The Morgan fingerprint density at radius 3 is 2.77 bits per heavy atom. The minimum Gasteiger partial charge on any atom is -0.462 e. The summed E-state index contributed by atoms with van der Waals surface area (Å²) in [7, 11) is 0. The molecule has 3 nitrogen and oxygen atoms in total. The van der Waals surface area contributed by atoms with Gasteiger partial charge in [0.25, 0.3) is 0 Å². The summed E-state index contributed by atoms with van der Waals surface area (Å²) in [6.07, 6.45) is 5.83. The van der Waals surface area contributed by atoms with Crippen molar-refractivity contribution in [3.63, 3.8) is 0 Å². The molecule has 0 heterocycles. The van der Waals surface area contributed by atoms with Crippen LogP contribution < -0.4 is 0 Å². The number of carbonyl (C=O) groups is 1. The van der Waals surface area contributed by atoms with Gasteiger partial charge >= 0.3 is 5.97 Å². The number of hydrogen-bond acceptors (Lipinski definition) is 3. The van der Waals surface area contributed by atoms with E-state index in [1.807, 2.05) is 6.29 Å². The largest absolute Gasteiger partial charge is 0.462 e. The van der Waals surface area contributed by atoms with Crippen molar-refractivity contribution in [2.75, 3.05) is 0 Å². The Hall–Kier alpha value is -0.860. The Bertz CT molecular complexity index is 189. The zero-order valence-electron chi connectivity index (χ0n) is 7.91. The molecule has 1 rings (SSSR count). The summed E-state index contributed by atoms with van der Waals surface area (Å²) < 4.78 is 5.14. The third-order valence-electron chi connectivity index (χ3n) is 2.43. The van der Waals surface area contributed by atoms with Gasteiger partial charge in [-0.1, -0.05) is 13.3 Å². The SMILES string of the molecule is CCC(=O)OC1CCCCC1[C]=O. The fraction of sp³-hybridized carbons (Fsp3) is 0.800. The molecule has 0 spiro atoms. The molecule has 0 bridgehead atoms. The third kappa shape index (κ3) is 2.83. The summed E-state index contributed by atoms with van der Waals surface area (Å²) in [6.45, 7) is 1.75. The lowest BCUT2D eigenvalue weighted by Gasteiger charge is -2.26. The van der Waals surface area contributed by atoms with Gasteiger partial charge in [0.1, 0.15) is 6.10 Å². The number of rotatable bonds is 3. The molecule has 1 fully saturated rings. The van der Waals surface area contributed by atoms with E-state index in [4.69, 9.17) is 4.74 Å². The molecule has 0 N–H and O–H groups in total. The highest BCUT2D eigenvalue weighted by molar-refractivity contribution is 5.69. The van der Waals surface area contributed by atoms with Crippen molar-refractivity contribution in [1.82, 2.24) is 0 Å². The molecular formula is C10H15O3. The molecule has 0 aromatic rings. The zero-order chi connectivity index (χ0) is 9.68. The Labute approximate surface area is 78.5 Å². The molecule has 0 amide bonds. The van der Waals surface area contributed by atoms with E-state index >= 15 is 0 Å². The van der Waals surface area contributed by atoms with Crippen LogP contribution in [0.4, 0.5) is 0 Å². The van der Waals surface area contributed by atoms with Gasteiger partial charge in [0.2, 0.25) is 6.29 Å². The molecule has 2 atom stereocenters. The lowest BCUT2D eigenvalue weighted by molar-refractivity contribution is -0.151. The number of carbonyl (C=O) groups excluding carboxylic acids is 2. The Kier molecular flexibility index (Phi) is 3.93. The molecule has 0 saturated heterocycles. The van der Waals surface area contributed by atoms with E-state index in [0.29, 0.717) is 6.42 Å². The highest BCUT2D eigenvalue weighted by Crippen LogP contribution is 2.25. The Morgan fingerprint density at radius 2 is 2.15 bits per heavy atom. The minimum absolute atomic E-state index is 0.191. The predicted molar refractivity (Wildman–Crippen MR) is 47.8 cm³/mol. The average Bonchev–Trinajstić information content (AvgIpc) is 2.18. The fourth-order valence-electron chi connectivity index (χ4n) is 1.62. The lowest BCUT2D eigenvalue weighted by atomic mass is 9.87. The summed E-state index contributed by atoms with van der Waals surface area (Å²) in [5.74, 6) is -0.406. The summed E-state index contributed by atoms with van der Waals surface area (Å²) >= 11 is 0. The number of hydrogen-bond donors (Lipinski definition) is 0. The second kappa shape index (κ2) is 5.00. The maximum absolute atomic E-state index is 11.0. The summed E-state index contributed by atoms with van der Waals surface area (Å²) in [5.41, 5.74) is 0. The summed E-state index contributed by atoms with van der Waals surface area (Å²) in [5, 5.41) is 0. The van der Waals surface area contributed by atoms with Gasteiger partial charge in [-0.05, 0) is 19.3 Å². The normalized spacial score (nSPS) is 28.1. The Morgan fingerprint density at radius 1 is 1.46 bits per heavy atom. The van der Waals surface area contributed by atoms with E-state index in [-0.39, 0.29) is 18.0 Å². The fourth-order valence-corrected chi connectivity index (χ4v) is 1.62. The van der Waals surface area contributed by atoms with E-state index < -0.39 is 0 Å². The molecule has 1 aliphatic carbocycles. The summed E-state index contributed by atoms with van der Waals surface area (Å²) in [6, 6.07) is 0. The molecule has 73 valence electrons. The topological polar surface area (TPSA) is 43.4 Å². The van der Waals surface area contributed by atoms with Crippen LogP contribution in [-0.2, 0) is 14.3 Å². The van der Waals surface area contributed by atoms with Crippen molar-refractivity contribution in [3.05, 3.63) is 0 Å². The quantitative estimate of drug-likeness (QED) is 0.624. The zero-order valence-corrected chi connectivity index (χ0v) is 7.91. The van der Waals surface area contributed by atoms with E-state index in [1.165, 1.54) is 0 Å². The highest BCUT2D eigenvalue weighted by Gasteiger charge is 2.27. The van der Waals surface area contributed by atoms with E-state index in [1.54, 1.807) is 6.92 Å². The van der Waals surface area contributed by atoms with Crippen LogP contribution in [0.3, 0.4) is 0 Å². The van der Waals surface area contributed by atoms with Crippen LogP contribution in [0, 0.1) is 5.92 Å². The first-order chi connectivity index (χ1) is 6.27. The van der Waals surface area contributed by atoms with Crippen LogP contribution in [0.15, 0.2) is 0 Å². The van der Waals surface area contributed by atoms with Crippen molar-refractivity contribution >= 4 is 12.3 Å². The molecule has 1 radical (unpaired) electrons. The van der Waals surface area contributed by atoms with Gasteiger partial charge in [-0.15, -0.1) is 0 Å². The molecule has 0 aromatic heterocycles. The highest BCUT2D eigenvalue weighted by atomic mass is 16.5. The van der Waals surface area contributed by atoms with E-state index in [2.05, 4.69) is 0 Å². The molecule has 0 aliphatic heterocycles. The van der Waals surface area contributed by atoms with Crippen molar-refractivity contribution in [2.45, 2.75) is 45.1 Å². The van der Waals surface area contributed by atoms with Crippen LogP contribution in [0.2, 0.25) is 0 Å². The molecule has 1 aliphatic rings. The van der Waals surface area contributed by atoms with E-state index in [9.17, 15) is 9.59 Å². The molecule has 3 heteroatoms. The van der Waals surface area contributed by atoms with Gasteiger partial charge in [0.05, 0.1) is 5.92 Å². The van der Waals surface area contributed by atoms with Crippen LogP contribution in [0.25, 0.3) is 0 Å². The minimum atomic E-state index is -0.216. The monoisotopic (exact) mass is 183 g/mol. The smallest absolute Gasteiger partial charge is 0.305 e. The average molecular weight is 183 g/mol. The second-order valence-corrected chi connectivity index (χ2v) is 3.39. The molecular weight excluding hydrogens is 168 g/mol. The number of esters is 1. The van der Waals surface area contributed by atoms with Crippen molar-refractivity contribution in [2.24, 2.45) is 5.92 Å². The maximum Gasteiger partial charge on any atom is 0.305 e. The van der Waals surface area contributed by atoms with Crippen molar-refractivity contribution < 1.29 is 14.3 Å². The standard InChI is InChI=1S/C10H15O3/c1-2-10(12)13-9-6-4-3-5-8(9)7-11/h8-9H,2-6H2,1H3. The first kappa shape index (κ1) is 10.2.